The Hall–Kier alpha value is -1.77. The van der Waals surface area contributed by atoms with E-state index >= 15 is 0 Å². The third kappa shape index (κ3) is 3.54. The van der Waals surface area contributed by atoms with Gasteiger partial charge >= 0.3 is 0 Å². The van der Waals surface area contributed by atoms with Crippen LogP contribution in [0.15, 0.2) is 17.5 Å². The largest absolute Gasteiger partial charge is 0.344 e. The molecule has 1 N–H and O–H groups in total. The fourth-order valence-electron chi connectivity index (χ4n) is 3.91. The van der Waals surface area contributed by atoms with Crippen LogP contribution >= 0.6 is 11.3 Å². The van der Waals surface area contributed by atoms with E-state index in [9.17, 15) is 4.79 Å². The Morgan fingerprint density at radius 1 is 1.31 bits per heavy atom. The Labute approximate surface area is 158 Å². The van der Waals surface area contributed by atoms with Crippen LogP contribution in [-0.2, 0) is 13.1 Å². The van der Waals surface area contributed by atoms with E-state index in [-0.39, 0.29) is 11.9 Å². The third-order valence-electron chi connectivity index (χ3n) is 5.09. The number of rotatable bonds is 5. The molecule has 0 bridgehead atoms. The molecule has 2 aliphatic heterocycles. The first-order valence-electron chi connectivity index (χ1n) is 9.32. The summed E-state index contributed by atoms with van der Waals surface area (Å²) in [7, 11) is 0. The lowest BCUT2D eigenvalue weighted by Gasteiger charge is -2.43. The minimum absolute atomic E-state index is 0.138. The summed E-state index contributed by atoms with van der Waals surface area (Å²) in [6, 6.07) is 4.25. The Kier molecular flexibility index (Phi) is 5.06. The molecule has 0 radical (unpaired) electrons. The van der Waals surface area contributed by atoms with E-state index in [1.807, 2.05) is 22.1 Å². The molecule has 0 spiro atoms. The van der Waals surface area contributed by atoms with Crippen molar-refractivity contribution in [2.75, 3.05) is 32.7 Å². The van der Waals surface area contributed by atoms with Gasteiger partial charge in [-0.15, -0.1) is 21.5 Å². The predicted molar refractivity (Wildman–Crippen MR) is 101 cm³/mol. The Bertz CT molecular complexity index is 756. The summed E-state index contributed by atoms with van der Waals surface area (Å²) >= 11 is 1.64. The van der Waals surface area contributed by atoms with Crippen LogP contribution in [-0.4, -0.2) is 63.2 Å². The number of aromatic nitrogens is 3. The number of nitrogens with zero attached hydrogens (tertiary/aromatic N) is 5. The molecular formula is C18H26N6OS. The highest BCUT2D eigenvalue weighted by molar-refractivity contribution is 7.09. The SMILES string of the molecule is CC(C)CN1CCN2CCn3c(C(=O)NCc4cccs4)nnc3[C@@H]2C1. The van der Waals surface area contributed by atoms with Crippen molar-refractivity contribution in [3.63, 3.8) is 0 Å². The van der Waals surface area contributed by atoms with E-state index in [4.69, 9.17) is 0 Å². The third-order valence-corrected chi connectivity index (χ3v) is 5.97. The van der Waals surface area contributed by atoms with Gasteiger partial charge in [0.15, 0.2) is 5.82 Å². The fraction of sp³-hybridized carbons (Fsp3) is 0.611. The van der Waals surface area contributed by atoms with E-state index in [2.05, 4.69) is 39.2 Å². The highest BCUT2D eigenvalue weighted by Crippen LogP contribution is 2.28. The van der Waals surface area contributed by atoms with Crippen LogP contribution in [0.4, 0.5) is 0 Å². The number of nitrogens with one attached hydrogen (secondary N) is 1. The summed E-state index contributed by atoms with van der Waals surface area (Å²) in [5.74, 6) is 1.89. The molecule has 0 aliphatic carbocycles. The number of piperazine rings is 1. The first-order valence-corrected chi connectivity index (χ1v) is 10.2. The van der Waals surface area contributed by atoms with Crippen LogP contribution in [0.1, 0.15) is 41.2 Å². The molecule has 2 aromatic heterocycles. The molecular weight excluding hydrogens is 348 g/mol. The molecule has 1 fully saturated rings. The minimum atomic E-state index is -0.138. The zero-order valence-electron chi connectivity index (χ0n) is 15.4. The number of carbonyl (C=O) groups is 1. The van der Waals surface area contributed by atoms with Gasteiger partial charge in [0.1, 0.15) is 0 Å². The van der Waals surface area contributed by atoms with Crippen molar-refractivity contribution < 1.29 is 4.79 Å². The van der Waals surface area contributed by atoms with Crippen molar-refractivity contribution in [1.29, 1.82) is 0 Å². The predicted octanol–water partition coefficient (Wildman–Crippen LogP) is 1.60. The van der Waals surface area contributed by atoms with E-state index in [1.54, 1.807) is 11.3 Å². The van der Waals surface area contributed by atoms with E-state index in [1.165, 1.54) is 0 Å². The van der Waals surface area contributed by atoms with Crippen LogP contribution in [0.25, 0.3) is 0 Å². The summed E-state index contributed by atoms with van der Waals surface area (Å²) in [5.41, 5.74) is 0. The van der Waals surface area contributed by atoms with Gasteiger partial charge in [-0.1, -0.05) is 19.9 Å². The van der Waals surface area contributed by atoms with Gasteiger partial charge in [0.05, 0.1) is 12.6 Å². The van der Waals surface area contributed by atoms with Crippen LogP contribution in [0, 0.1) is 5.92 Å². The minimum Gasteiger partial charge on any atom is -0.344 e. The van der Waals surface area contributed by atoms with Gasteiger partial charge in [0.25, 0.3) is 5.91 Å². The average molecular weight is 375 g/mol. The van der Waals surface area contributed by atoms with Crippen molar-refractivity contribution in [2.45, 2.75) is 33.0 Å². The van der Waals surface area contributed by atoms with Crippen molar-refractivity contribution in [2.24, 2.45) is 5.92 Å². The van der Waals surface area contributed by atoms with Crippen molar-refractivity contribution in [1.82, 2.24) is 29.9 Å². The summed E-state index contributed by atoms with van der Waals surface area (Å²) in [5, 5.41) is 13.6. The first kappa shape index (κ1) is 17.6. The molecule has 8 heteroatoms. The van der Waals surface area contributed by atoms with Crippen LogP contribution in [0.2, 0.25) is 0 Å². The van der Waals surface area contributed by atoms with E-state index in [0.29, 0.717) is 18.3 Å². The topological polar surface area (TPSA) is 66.3 Å². The number of hydrogen-bond donors (Lipinski definition) is 1. The summed E-state index contributed by atoms with van der Waals surface area (Å²) in [6.07, 6.45) is 0. The Morgan fingerprint density at radius 2 is 2.15 bits per heavy atom. The molecule has 140 valence electrons. The molecule has 1 amide bonds. The molecule has 1 atom stereocenters. The average Bonchev–Trinajstić information content (AvgIpc) is 3.28. The normalized spacial score (nSPS) is 20.8. The van der Waals surface area contributed by atoms with Gasteiger partial charge in [-0.3, -0.25) is 14.6 Å². The molecule has 0 unspecified atom stereocenters. The fourth-order valence-corrected chi connectivity index (χ4v) is 4.55. The van der Waals surface area contributed by atoms with Gasteiger partial charge in [-0.05, 0) is 17.4 Å². The van der Waals surface area contributed by atoms with Crippen LogP contribution in [0.5, 0.6) is 0 Å². The zero-order valence-corrected chi connectivity index (χ0v) is 16.2. The molecule has 2 aromatic rings. The second-order valence-corrected chi connectivity index (χ2v) is 8.53. The van der Waals surface area contributed by atoms with Gasteiger partial charge in [0, 0.05) is 44.1 Å². The lowest BCUT2D eigenvalue weighted by molar-refractivity contribution is 0.0442. The van der Waals surface area contributed by atoms with Crippen LogP contribution < -0.4 is 5.32 Å². The maximum absolute atomic E-state index is 12.6. The van der Waals surface area contributed by atoms with E-state index in [0.717, 1.165) is 50.0 Å². The number of fused-ring (bicyclic) bond motifs is 3. The molecule has 1 saturated heterocycles. The highest BCUT2D eigenvalue weighted by Gasteiger charge is 2.36. The Morgan fingerprint density at radius 3 is 2.92 bits per heavy atom. The standard InChI is InChI=1S/C18H26N6OS/c1-13(2)11-22-5-6-23-7-8-24-16(15(23)12-22)20-21-17(24)18(25)19-10-14-4-3-9-26-14/h3-4,9,13,15H,5-8,10-12H2,1-2H3,(H,19,25)/t15-/m0/s1. The van der Waals surface area contributed by atoms with Gasteiger partial charge in [-0.2, -0.15) is 0 Å². The summed E-state index contributed by atoms with van der Waals surface area (Å²) < 4.78 is 2.02. The molecule has 26 heavy (non-hydrogen) atoms. The maximum atomic E-state index is 12.6. The number of thiophene rings is 1. The number of carbonyl (C=O) groups excluding carboxylic acids is 1. The quantitative estimate of drug-likeness (QED) is 0.861. The lowest BCUT2D eigenvalue weighted by Crippen LogP contribution is -2.53. The number of amides is 1. The lowest BCUT2D eigenvalue weighted by atomic mass is 10.1. The molecule has 0 saturated carbocycles. The van der Waals surface area contributed by atoms with Crippen molar-refractivity contribution in [3.05, 3.63) is 34.0 Å². The second kappa shape index (κ2) is 7.46. The molecule has 7 nitrogen and oxygen atoms in total. The second-order valence-electron chi connectivity index (χ2n) is 7.50. The molecule has 4 rings (SSSR count). The smallest absolute Gasteiger partial charge is 0.289 e. The van der Waals surface area contributed by atoms with Gasteiger partial charge in [0.2, 0.25) is 5.82 Å². The van der Waals surface area contributed by atoms with E-state index < -0.39 is 0 Å². The summed E-state index contributed by atoms with van der Waals surface area (Å²) in [6.45, 7) is 11.0. The van der Waals surface area contributed by atoms with Gasteiger partial charge in [-0.25, -0.2) is 0 Å². The maximum Gasteiger partial charge on any atom is 0.289 e. The van der Waals surface area contributed by atoms with Crippen LogP contribution in [0.3, 0.4) is 0 Å². The Balaban J connectivity index is 1.48. The van der Waals surface area contributed by atoms with Crippen molar-refractivity contribution in [3.8, 4) is 0 Å². The van der Waals surface area contributed by atoms with Gasteiger partial charge < -0.3 is 9.88 Å². The molecule has 2 aliphatic rings. The first-order chi connectivity index (χ1) is 12.6. The number of hydrogen-bond acceptors (Lipinski definition) is 6. The monoisotopic (exact) mass is 374 g/mol. The summed E-state index contributed by atoms with van der Waals surface area (Å²) in [4.78, 5) is 18.7. The zero-order chi connectivity index (χ0) is 18.1. The molecule has 4 heterocycles. The van der Waals surface area contributed by atoms with Crippen molar-refractivity contribution >= 4 is 17.2 Å². The molecule has 0 aromatic carbocycles. The highest BCUT2D eigenvalue weighted by atomic mass is 32.1.